The van der Waals surface area contributed by atoms with Crippen LogP contribution in [-0.2, 0) is 9.53 Å². The monoisotopic (exact) mass is 305 g/mol. The highest BCUT2D eigenvalue weighted by Crippen LogP contribution is 2.19. The van der Waals surface area contributed by atoms with Gasteiger partial charge in [-0.25, -0.2) is 4.79 Å². The maximum Gasteiger partial charge on any atom is 0.338 e. The van der Waals surface area contributed by atoms with E-state index in [-0.39, 0.29) is 18.5 Å². The Bertz CT molecular complexity index is 551. The number of carbonyl (C=O) groups excluding carboxylic acids is 1. The van der Waals surface area contributed by atoms with Crippen LogP contribution >= 0.6 is 0 Å². The molecule has 120 valence electrons. The number of benzene rings is 1. The SMILES string of the molecule is C=C(C)CN(CCC(=O)O)c1cccc(C(=O)OC(C)C)c1. The zero-order chi connectivity index (χ0) is 16.7. The van der Waals surface area contributed by atoms with Crippen molar-refractivity contribution in [3.63, 3.8) is 0 Å². The van der Waals surface area contributed by atoms with Gasteiger partial charge < -0.3 is 14.7 Å². The Morgan fingerprint density at radius 3 is 2.59 bits per heavy atom. The van der Waals surface area contributed by atoms with Crippen molar-refractivity contribution < 1.29 is 19.4 Å². The minimum Gasteiger partial charge on any atom is -0.481 e. The summed E-state index contributed by atoms with van der Waals surface area (Å²) >= 11 is 0. The second-order valence-electron chi connectivity index (χ2n) is 5.53. The molecule has 0 amide bonds. The van der Waals surface area contributed by atoms with Crippen LogP contribution < -0.4 is 4.90 Å². The molecule has 1 aromatic rings. The van der Waals surface area contributed by atoms with Crippen molar-refractivity contribution in [2.24, 2.45) is 0 Å². The molecule has 0 aliphatic rings. The van der Waals surface area contributed by atoms with Gasteiger partial charge in [0.25, 0.3) is 0 Å². The zero-order valence-corrected chi connectivity index (χ0v) is 13.3. The summed E-state index contributed by atoms with van der Waals surface area (Å²) in [6.45, 7) is 10.2. The van der Waals surface area contributed by atoms with Crippen LogP contribution in [0.15, 0.2) is 36.4 Å². The van der Waals surface area contributed by atoms with Crippen LogP contribution in [0.4, 0.5) is 5.69 Å². The van der Waals surface area contributed by atoms with Gasteiger partial charge in [0.2, 0.25) is 0 Å². The van der Waals surface area contributed by atoms with Crippen LogP contribution in [0.1, 0.15) is 37.6 Å². The van der Waals surface area contributed by atoms with E-state index < -0.39 is 5.97 Å². The Balaban J connectivity index is 2.96. The van der Waals surface area contributed by atoms with Gasteiger partial charge in [0.05, 0.1) is 18.1 Å². The molecule has 1 rings (SSSR count). The maximum atomic E-state index is 12.0. The van der Waals surface area contributed by atoms with E-state index in [2.05, 4.69) is 6.58 Å². The summed E-state index contributed by atoms with van der Waals surface area (Å²) in [6.07, 6.45) is -0.164. The number of carboxylic acids is 1. The largest absolute Gasteiger partial charge is 0.481 e. The zero-order valence-electron chi connectivity index (χ0n) is 13.3. The number of esters is 1. The second kappa shape index (κ2) is 8.22. The predicted molar refractivity (Wildman–Crippen MR) is 86.3 cm³/mol. The smallest absolute Gasteiger partial charge is 0.338 e. The van der Waals surface area contributed by atoms with Crippen LogP contribution in [0.25, 0.3) is 0 Å². The minimum atomic E-state index is -0.859. The molecule has 0 atom stereocenters. The molecule has 0 bridgehead atoms. The standard InChI is InChI=1S/C17H23NO4/c1-12(2)11-18(9-8-16(19)20)15-7-5-6-14(10-15)17(21)22-13(3)4/h5-7,10,13H,1,8-9,11H2,2-4H3,(H,19,20). The Hall–Kier alpha value is -2.30. The van der Waals surface area contributed by atoms with Crippen molar-refractivity contribution in [2.75, 3.05) is 18.0 Å². The molecular weight excluding hydrogens is 282 g/mol. The number of hydrogen-bond donors (Lipinski definition) is 1. The van der Waals surface area contributed by atoms with Gasteiger partial charge >= 0.3 is 11.9 Å². The molecule has 1 N–H and O–H groups in total. The van der Waals surface area contributed by atoms with Crippen LogP contribution in [0.5, 0.6) is 0 Å². The van der Waals surface area contributed by atoms with Gasteiger partial charge in [-0.05, 0) is 39.0 Å². The summed E-state index contributed by atoms with van der Waals surface area (Å²) in [5, 5.41) is 8.86. The number of ether oxygens (including phenoxy) is 1. The number of hydrogen-bond acceptors (Lipinski definition) is 4. The predicted octanol–water partition coefficient (Wildman–Crippen LogP) is 3.11. The molecule has 5 nitrogen and oxygen atoms in total. The first-order valence-electron chi connectivity index (χ1n) is 7.21. The Morgan fingerprint density at radius 2 is 2.05 bits per heavy atom. The van der Waals surface area contributed by atoms with E-state index >= 15 is 0 Å². The van der Waals surface area contributed by atoms with Crippen molar-refractivity contribution >= 4 is 17.6 Å². The van der Waals surface area contributed by atoms with Crippen LogP contribution in [-0.4, -0.2) is 36.2 Å². The molecule has 5 heteroatoms. The number of anilines is 1. The summed E-state index contributed by atoms with van der Waals surface area (Å²) in [5.41, 5.74) is 2.15. The van der Waals surface area contributed by atoms with E-state index in [0.29, 0.717) is 18.7 Å². The first-order valence-corrected chi connectivity index (χ1v) is 7.21. The summed E-state index contributed by atoms with van der Waals surface area (Å²) in [6, 6.07) is 7.01. The summed E-state index contributed by atoms with van der Waals surface area (Å²) in [5.74, 6) is -1.24. The summed E-state index contributed by atoms with van der Waals surface area (Å²) in [4.78, 5) is 24.7. The Labute approximate surface area is 131 Å². The second-order valence-corrected chi connectivity index (χ2v) is 5.53. The third kappa shape index (κ3) is 5.99. The molecule has 0 saturated carbocycles. The topological polar surface area (TPSA) is 66.8 Å². The van der Waals surface area contributed by atoms with Crippen molar-refractivity contribution in [3.8, 4) is 0 Å². The van der Waals surface area contributed by atoms with E-state index in [1.54, 1.807) is 32.0 Å². The van der Waals surface area contributed by atoms with Gasteiger partial charge in [0.15, 0.2) is 0 Å². The number of nitrogens with zero attached hydrogens (tertiary/aromatic N) is 1. The first kappa shape index (κ1) is 17.8. The minimum absolute atomic E-state index is 0.0218. The van der Waals surface area contributed by atoms with E-state index in [1.807, 2.05) is 17.9 Å². The molecule has 0 radical (unpaired) electrons. The average molecular weight is 305 g/mol. The number of carboxylic acid groups (broad SMARTS) is 1. The van der Waals surface area contributed by atoms with Gasteiger partial charge in [0.1, 0.15) is 0 Å². The fourth-order valence-corrected chi connectivity index (χ4v) is 1.97. The summed E-state index contributed by atoms with van der Waals surface area (Å²) in [7, 11) is 0. The van der Waals surface area contributed by atoms with E-state index in [0.717, 1.165) is 11.3 Å². The molecule has 0 unspecified atom stereocenters. The lowest BCUT2D eigenvalue weighted by Gasteiger charge is -2.25. The Morgan fingerprint density at radius 1 is 1.36 bits per heavy atom. The average Bonchev–Trinajstić information content (AvgIpc) is 2.42. The lowest BCUT2D eigenvalue weighted by Crippen LogP contribution is -2.28. The highest BCUT2D eigenvalue weighted by molar-refractivity contribution is 5.90. The van der Waals surface area contributed by atoms with Crippen LogP contribution in [0.2, 0.25) is 0 Å². The van der Waals surface area contributed by atoms with Gasteiger partial charge in [-0.2, -0.15) is 0 Å². The van der Waals surface area contributed by atoms with Crippen LogP contribution in [0.3, 0.4) is 0 Å². The van der Waals surface area contributed by atoms with E-state index in [1.165, 1.54) is 0 Å². The molecule has 0 aromatic heterocycles. The van der Waals surface area contributed by atoms with E-state index in [4.69, 9.17) is 9.84 Å². The van der Waals surface area contributed by atoms with Crippen molar-refractivity contribution in [1.29, 1.82) is 0 Å². The highest BCUT2D eigenvalue weighted by Gasteiger charge is 2.13. The van der Waals surface area contributed by atoms with Gasteiger partial charge in [0, 0.05) is 18.8 Å². The quantitative estimate of drug-likeness (QED) is 0.590. The van der Waals surface area contributed by atoms with E-state index in [9.17, 15) is 9.59 Å². The van der Waals surface area contributed by atoms with Gasteiger partial charge in [-0.3, -0.25) is 4.79 Å². The summed E-state index contributed by atoms with van der Waals surface area (Å²) < 4.78 is 5.18. The Kier molecular flexibility index (Phi) is 6.63. The lowest BCUT2D eigenvalue weighted by molar-refractivity contribution is -0.136. The normalized spacial score (nSPS) is 10.4. The maximum absolute atomic E-state index is 12.0. The van der Waals surface area contributed by atoms with Crippen molar-refractivity contribution in [3.05, 3.63) is 42.0 Å². The third-order valence-corrected chi connectivity index (χ3v) is 2.85. The fraction of sp³-hybridized carbons (Fsp3) is 0.412. The molecular formula is C17H23NO4. The molecule has 0 fully saturated rings. The third-order valence-electron chi connectivity index (χ3n) is 2.85. The number of aliphatic carboxylic acids is 1. The number of carbonyl (C=O) groups is 2. The van der Waals surface area contributed by atoms with Crippen LogP contribution in [0, 0.1) is 0 Å². The van der Waals surface area contributed by atoms with Gasteiger partial charge in [-0.1, -0.05) is 18.2 Å². The molecule has 0 heterocycles. The first-order chi connectivity index (χ1) is 10.3. The van der Waals surface area contributed by atoms with Gasteiger partial charge in [-0.15, -0.1) is 0 Å². The lowest BCUT2D eigenvalue weighted by atomic mass is 10.1. The molecule has 0 aliphatic heterocycles. The number of rotatable bonds is 8. The highest BCUT2D eigenvalue weighted by atomic mass is 16.5. The molecule has 0 aliphatic carbocycles. The molecule has 22 heavy (non-hydrogen) atoms. The molecule has 0 saturated heterocycles. The fourth-order valence-electron chi connectivity index (χ4n) is 1.97. The molecule has 0 spiro atoms. The van der Waals surface area contributed by atoms with Crippen molar-refractivity contribution in [1.82, 2.24) is 0 Å². The van der Waals surface area contributed by atoms with Crippen molar-refractivity contribution in [2.45, 2.75) is 33.3 Å². The molecule has 1 aromatic carbocycles.